The molecule has 3 nitrogen and oxygen atoms in total. The van der Waals surface area contributed by atoms with Crippen molar-refractivity contribution in [3.63, 3.8) is 0 Å². The number of rotatable bonds is 7. The fourth-order valence-corrected chi connectivity index (χ4v) is 2.70. The monoisotopic (exact) mass is 283 g/mol. The zero-order valence-corrected chi connectivity index (χ0v) is 12.6. The summed E-state index contributed by atoms with van der Waals surface area (Å²) >= 11 is 6.28. The molecule has 0 saturated heterocycles. The normalized spacial score (nSPS) is 16.2. The number of methoxy groups -OCH3 is 2. The van der Waals surface area contributed by atoms with Crippen molar-refractivity contribution in [2.75, 3.05) is 20.8 Å². The van der Waals surface area contributed by atoms with Gasteiger partial charge in [-0.1, -0.05) is 18.5 Å². The Kier molecular flexibility index (Phi) is 4.94. The van der Waals surface area contributed by atoms with Crippen molar-refractivity contribution in [1.29, 1.82) is 0 Å². The molecule has 0 heterocycles. The number of halogens is 1. The molecule has 19 heavy (non-hydrogen) atoms. The van der Waals surface area contributed by atoms with E-state index in [4.69, 9.17) is 21.1 Å². The van der Waals surface area contributed by atoms with Gasteiger partial charge in [-0.15, -0.1) is 0 Å². The maximum atomic E-state index is 6.28. The molecule has 1 aliphatic rings. The quantitative estimate of drug-likeness (QED) is 0.825. The Morgan fingerprint density at radius 3 is 2.58 bits per heavy atom. The fourth-order valence-electron chi connectivity index (χ4n) is 2.40. The van der Waals surface area contributed by atoms with Crippen LogP contribution in [0.4, 0.5) is 0 Å². The second-order valence-electron chi connectivity index (χ2n) is 5.01. The van der Waals surface area contributed by atoms with Crippen LogP contribution in [0.2, 0.25) is 5.02 Å². The number of benzene rings is 1. The predicted octanol–water partition coefficient (Wildman–Crippen LogP) is 3.81. The maximum Gasteiger partial charge on any atom is 0.179 e. The second kappa shape index (κ2) is 6.49. The van der Waals surface area contributed by atoms with Gasteiger partial charge < -0.3 is 14.8 Å². The van der Waals surface area contributed by atoms with Crippen LogP contribution in [0.3, 0.4) is 0 Å². The molecule has 4 heteroatoms. The van der Waals surface area contributed by atoms with Gasteiger partial charge in [-0.25, -0.2) is 0 Å². The molecule has 1 unspecified atom stereocenters. The number of ether oxygens (including phenoxy) is 2. The van der Waals surface area contributed by atoms with Crippen molar-refractivity contribution >= 4 is 11.6 Å². The van der Waals surface area contributed by atoms with Gasteiger partial charge in [0, 0.05) is 6.04 Å². The Labute approximate surface area is 120 Å². The first-order valence-electron chi connectivity index (χ1n) is 6.86. The average Bonchev–Trinajstić information content (AvgIpc) is 3.23. The van der Waals surface area contributed by atoms with Crippen LogP contribution in [-0.2, 0) is 0 Å². The molecular weight excluding hydrogens is 262 g/mol. The van der Waals surface area contributed by atoms with Gasteiger partial charge in [0.2, 0.25) is 0 Å². The van der Waals surface area contributed by atoms with Gasteiger partial charge in [-0.05, 0) is 49.4 Å². The molecule has 1 atom stereocenters. The van der Waals surface area contributed by atoms with E-state index >= 15 is 0 Å². The molecule has 1 aliphatic carbocycles. The lowest BCUT2D eigenvalue weighted by atomic mass is 10.0. The van der Waals surface area contributed by atoms with Crippen LogP contribution in [0.5, 0.6) is 11.5 Å². The topological polar surface area (TPSA) is 30.5 Å². The van der Waals surface area contributed by atoms with Crippen molar-refractivity contribution in [3.8, 4) is 11.5 Å². The standard InChI is InChI=1S/C15H22ClNO2/c1-4-7-17-14(10-5-6-10)11-8-12(16)15(19-3)13(9-11)18-2/h8-10,14,17H,4-7H2,1-3H3. The van der Waals surface area contributed by atoms with Gasteiger partial charge in [0.1, 0.15) is 0 Å². The minimum atomic E-state index is 0.372. The summed E-state index contributed by atoms with van der Waals surface area (Å²) in [6.45, 7) is 3.20. The summed E-state index contributed by atoms with van der Waals surface area (Å²) in [5.41, 5.74) is 1.19. The molecule has 0 radical (unpaired) electrons. The lowest BCUT2D eigenvalue weighted by Gasteiger charge is -2.20. The molecule has 0 spiro atoms. The first kappa shape index (κ1) is 14.5. The van der Waals surface area contributed by atoms with Gasteiger partial charge >= 0.3 is 0 Å². The van der Waals surface area contributed by atoms with Crippen LogP contribution in [0, 0.1) is 5.92 Å². The summed E-state index contributed by atoms with van der Waals surface area (Å²) < 4.78 is 10.7. The minimum Gasteiger partial charge on any atom is -0.493 e. The van der Waals surface area contributed by atoms with E-state index in [1.54, 1.807) is 14.2 Å². The van der Waals surface area contributed by atoms with E-state index in [2.05, 4.69) is 12.2 Å². The molecule has 1 N–H and O–H groups in total. The molecule has 2 rings (SSSR count). The third kappa shape index (κ3) is 3.34. The van der Waals surface area contributed by atoms with Crippen molar-refractivity contribution in [3.05, 3.63) is 22.7 Å². The van der Waals surface area contributed by atoms with E-state index in [-0.39, 0.29) is 0 Å². The van der Waals surface area contributed by atoms with Crippen LogP contribution >= 0.6 is 11.6 Å². The average molecular weight is 284 g/mol. The third-order valence-corrected chi connectivity index (χ3v) is 3.80. The van der Waals surface area contributed by atoms with Crippen molar-refractivity contribution in [1.82, 2.24) is 5.32 Å². The molecule has 0 aromatic heterocycles. The van der Waals surface area contributed by atoms with Crippen LogP contribution in [0.1, 0.15) is 37.8 Å². The third-order valence-electron chi connectivity index (χ3n) is 3.52. The highest BCUT2D eigenvalue weighted by molar-refractivity contribution is 6.32. The van der Waals surface area contributed by atoms with Gasteiger partial charge in [0.05, 0.1) is 19.2 Å². The van der Waals surface area contributed by atoms with Crippen LogP contribution in [0.15, 0.2) is 12.1 Å². The summed E-state index contributed by atoms with van der Waals surface area (Å²) in [4.78, 5) is 0. The summed E-state index contributed by atoms with van der Waals surface area (Å²) in [6, 6.07) is 4.41. The van der Waals surface area contributed by atoms with Gasteiger partial charge in [-0.2, -0.15) is 0 Å². The van der Waals surface area contributed by atoms with E-state index < -0.39 is 0 Å². The Hall–Kier alpha value is -0.930. The largest absolute Gasteiger partial charge is 0.493 e. The molecule has 1 aromatic rings. The zero-order valence-electron chi connectivity index (χ0n) is 11.8. The predicted molar refractivity (Wildman–Crippen MR) is 78.3 cm³/mol. The van der Waals surface area contributed by atoms with E-state index in [0.29, 0.717) is 22.6 Å². The summed E-state index contributed by atoms with van der Waals surface area (Å²) in [5, 5.41) is 4.22. The molecule has 1 aromatic carbocycles. The van der Waals surface area contributed by atoms with Crippen LogP contribution in [-0.4, -0.2) is 20.8 Å². The lowest BCUT2D eigenvalue weighted by Crippen LogP contribution is -2.23. The van der Waals surface area contributed by atoms with E-state index in [1.165, 1.54) is 18.4 Å². The molecule has 0 aliphatic heterocycles. The SMILES string of the molecule is CCCNC(c1cc(Cl)c(OC)c(OC)c1)C1CC1. The van der Waals surface area contributed by atoms with Crippen LogP contribution < -0.4 is 14.8 Å². The zero-order chi connectivity index (χ0) is 13.8. The highest BCUT2D eigenvalue weighted by Gasteiger charge is 2.32. The second-order valence-corrected chi connectivity index (χ2v) is 5.41. The highest BCUT2D eigenvalue weighted by atomic mass is 35.5. The Morgan fingerprint density at radius 2 is 2.05 bits per heavy atom. The molecule has 106 valence electrons. The number of nitrogens with one attached hydrogen (secondary N) is 1. The summed E-state index contributed by atoms with van der Waals surface area (Å²) in [7, 11) is 3.25. The minimum absolute atomic E-state index is 0.372. The summed E-state index contributed by atoms with van der Waals surface area (Å²) in [5.74, 6) is 2.03. The first-order valence-corrected chi connectivity index (χ1v) is 7.23. The van der Waals surface area contributed by atoms with Crippen molar-refractivity contribution in [2.45, 2.75) is 32.2 Å². The smallest absolute Gasteiger partial charge is 0.179 e. The number of hydrogen-bond acceptors (Lipinski definition) is 3. The molecule has 1 fully saturated rings. The van der Waals surface area contributed by atoms with Crippen LogP contribution in [0.25, 0.3) is 0 Å². The van der Waals surface area contributed by atoms with E-state index in [0.717, 1.165) is 18.9 Å². The van der Waals surface area contributed by atoms with E-state index in [1.807, 2.05) is 12.1 Å². The molecule has 0 amide bonds. The Morgan fingerprint density at radius 1 is 1.32 bits per heavy atom. The van der Waals surface area contributed by atoms with Crippen molar-refractivity contribution in [2.24, 2.45) is 5.92 Å². The molecular formula is C15H22ClNO2. The molecule has 0 bridgehead atoms. The highest BCUT2D eigenvalue weighted by Crippen LogP contribution is 2.44. The fraction of sp³-hybridized carbons (Fsp3) is 0.600. The Bertz CT molecular complexity index is 432. The van der Waals surface area contributed by atoms with Gasteiger partial charge in [-0.3, -0.25) is 0 Å². The van der Waals surface area contributed by atoms with Gasteiger partial charge in [0.15, 0.2) is 11.5 Å². The Balaban J connectivity index is 2.28. The summed E-state index contributed by atoms with van der Waals surface area (Å²) in [6.07, 6.45) is 3.70. The first-order chi connectivity index (χ1) is 9.21. The number of hydrogen-bond donors (Lipinski definition) is 1. The lowest BCUT2D eigenvalue weighted by molar-refractivity contribution is 0.353. The maximum absolute atomic E-state index is 6.28. The van der Waals surface area contributed by atoms with E-state index in [9.17, 15) is 0 Å². The van der Waals surface area contributed by atoms with Crippen molar-refractivity contribution < 1.29 is 9.47 Å². The molecule has 1 saturated carbocycles. The van der Waals surface area contributed by atoms with Gasteiger partial charge in [0.25, 0.3) is 0 Å².